The van der Waals surface area contributed by atoms with E-state index in [1.165, 1.54) is 35.2 Å². The minimum absolute atomic E-state index is 1.11. The van der Waals surface area contributed by atoms with Gasteiger partial charge in [-0.15, -0.1) is 0 Å². The number of fused-ring (bicyclic) bond motifs is 1. The molecule has 3 nitrogen and oxygen atoms in total. The average molecular weight is 305 g/mol. The molecule has 0 spiro atoms. The summed E-state index contributed by atoms with van der Waals surface area (Å²) in [7, 11) is 0. The van der Waals surface area contributed by atoms with Crippen molar-refractivity contribution in [3.63, 3.8) is 0 Å². The molecule has 0 radical (unpaired) electrons. The van der Waals surface area contributed by atoms with Crippen molar-refractivity contribution in [2.75, 3.05) is 31.1 Å². The van der Waals surface area contributed by atoms with Crippen LogP contribution < -0.4 is 14.8 Å². The fraction of sp³-hybridized carbons (Fsp3) is 0.250. The van der Waals surface area contributed by atoms with Gasteiger partial charge in [-0.1, -0.05) is 42.5 Å². The van der Waals surface area contributed by atoms with Gasteiger partial charge < -0.3 is 4.90 Å². The van der Waals surface area contributed by atoms with E-state index < -0.39 is 0 Å². The van der Waals surface area contributed by atoms with Gasteiger partial charge in [-0.2, -0.15) is 0 Å². The molecule has 1 aliphatic heterocycles. The summed E-state index contributed by atoms with van der Waals surface area (Å²) < 4.78 is 0. The molecule has 0 amide bonds. The van der Waals surface area contributed by atoms with Crippen molar-refractivity contribution in [1.82, 2.24) is 0 Å². The van der Waals surface area contributed by atoms with Crippen LogP contribution in [0.1, 0.15) is 5.56 Å². The van der Waals surface area contributed by atoms with E-state index in [0.717, 1.165) is 19.6 Å². The highest BCUT2D eigenvalue weighted by Gasteiger charge is 2.25. The van der Waals surface area contributed by atoms with Gasteiger partial charge in [0.1, 0.15) is 32.7 Å². The molecule has 2 heterocycles. The predicted molar refractivity (Wildman–Crippen MR) is 93.6 cm³/mol. The zero-order chi connectivity index (χ0) is 15.5. The Hall–Kier alpha value is -2.39. The molecule has 1 aromatic heterocycles. The van der Waals surface area contributed by atoms with Crippen molar-refractivity contribution in [2.45, 2.75) is 6.54 Å². The molecule has 0 saturated carbocycles. The monoisotopic (exact) mass is 305 g/mol. The van der Waals surface area contributed by atoms with Crippen molar-refractivity contribution in [3.8, 4) is 0 Å². The van der Waals surface area contributed by atoms with Gasteiger partial charge in [0.25, 0.3) is 5.82 Å². The Kier molecular flexibility index (Phi) is 3.95. The number of H-pyrrole nitrogens is 1. The molecule has 2 N–H and O–H groups in total. The normalized spacial score (nSPS) is 15.9. The van der Waals surface area contributed by atoms with Gasteiger partial charge in [0.2, 0.25) is 0 Å². The second-order valence-corrected chi connectivity index (χ2v) is 6.34. The standard InChI is InChI=1S/C20H21N3/c1-2-6-19-15-17(8-9-18(19)5-1)16-22-11-13-23(14-12-22)20-7-3-4-10-21-20/h1-10,15H,11-14,16H2/p+2. The third-order valence-corrected chi connectivity index (χ3v) is 4.77. The summed E-state index contributed by atoms with van der Waals surface area (Å²) >= 11 is 0. The lowest BCUT2D eigenvalue weighted by Crippen LogP contribution is -3.13. The molecule has 23 heavy (non-hydrogen) atoms. The Balaban J connectivity index is 1.40. The molecular weight excluding hydrogens is 282 g/mol. The fourth-order valence-corrected chi connectivity index (χ4v) is 3.46. The third-order valence-electron chi connectivity index (χ3n) is 4.77. The molecular formula is C20H23N3+2. The van der Waals surface area contributed by atoms with E-state index in [0.29, 0.717) is 0 Å². The Morgan fingerprint density at radius 1 is 0.870 bits per heavy atom. The number of benzene rings is 2. The van der Waals surface area contributed by atoms with E-state index >= 15 is 0 Å². The second kappa shape index (κ2) is 6.39. The predicted octanol–water partition coefficient (Wildman–Crippen LogP) is 1.56. The number of aromatic nitrogens is 1. The molecule has 0 atom stereocenters. The third kappa shape index (κ3) is 3.20. The van der Waals surface area contributed by atoms with Crippen LogP contribution >= 0.6 is 0 Å². The van der Waals surface area contributed by atoms with E-state index in [1.807, 2.05) is 12.3 Å². The lowest BCUT2D eigenvalue weighted by Gasteiger charge is -2.28. The maximum atomic E-state index is 3.34. The molecule has 1 saturated heterocycles. The minimum atomic E-state index is 1.11. The van der Waals surface area contributed by atoms with E-state index in [1.54, 1.807) is 4.90 Å². The number of nitrogens with one attached hydrogen (secondary N) is 2. The number of aromatic amines is 1. The molecule has 0 aliphatic carbocycles. The fourth-order valence-electron chi connectivity index (χ4n) is 3.46. The largest absolute Gasteiger partial charge is 0.325 e. The van der Waals surface area contributed by atoms with Crippen LogP contribution in [0.15, 0.2) is 66.9 Å². The van der Waals surface area contributed by atoms with Crippen molar-refractivity contribution >= 4 is 16.6 Å². The van der Waals surface area contributed by atoms with Crippen LogP contribution in [0.25, 0.3) is 10.8 Å². The zero-order valence-corrected chi connectivity index (χ0v) is 13.3. The highest BCUT2D eigenvalue weighted by Crippen LogP contribution is 2.15. The second-order valence-electron chi connectivity index (χ2n) is 6.34. The van der Waals surface area contributed by atoms with Gasteiger partial charge in [0.05, 0.1) is 6.20 Å². The molecule has 3 aromatic rings. The first-order valence-electron chi connectivity index (χ1n) is 8.41. The maximum absolute atomic E-state index is 3.34. The molecule has 4 rings (SSSR count). The quantitative estimate of drug-likeness (QED) is 0.779. The first kappa shape index (κ1) is 14.2. The topological polar surface area (TPSA) is 21.8 Å². The molecule has 116 valence electrons. The summed E-state index contributed by atoms with van der Waals surface area (Å²) in [5.41, 5.74) is 1.44. The van der Waals surface area contributed by atoms with Gasteiger partial charge in [-0.05, 0) is 22.9 Å². The van der Waals surface area contributed by atoms with Crippen LogP contribution in [0, 0.1) is 0 Å². The van der Waals surface area contributed by atoms with Crippen LogP contribution in [-0.2, 0) is 6.54 Å². The number of hydrogen-bond donors (Lipinski definition) is 1. The SMILES string of the molecule is c1ccc(N2CC[NH+](Cc3ccc4ccccc4c3)CC2)[nH+]c1. The lowest BCUT2D eigenvalue weighted by atomic mass is 10.1. The number of pyridine rings is 1. The summed E-state index contributed by atoms with van der Waals surface area (Å²) in [5, 5.41) is 2.68. The van der Waals surface area contributed by atoms with Gasteiger partial charge in [0, 0.05) is 11.6 Å². The molecule has 1 fully saturated rings. The van der Waals surface area contributed by atoms with Crippen molar-refractivity contribution in [1.29, 1.82) is 0 Å². The van der Waals surface area contributed by atoms with E-state index in [-0.39, 0.29) is 0 Å². The van der Waals surface area contributed by atoms with Crippen molar-refractivity contribution < 1.29 is 9.88 Å². The minimum Gasteiger partial charge on any atom is -0.325 e. The Morgan fingerprint density at radius 3 is 2.43 bits per heavy atom. The van der Waals surface area contributed by atoms with Crippen molar-refractivity contribution in [2.24, 2.45) is 0 Å². The maximum Gasteiger partial charge on any atom is 0.274 e. The first-order valence-corrected chi connectivity index (χ1v) is 8.41. The van der Waals surface area contributed by atoms with Gasteiger partial charge in [-0.25, -0.2) is 4.98 Å². The first-order chi connectivity index (χ1) is 11.4. The smallest absolute Gasteiger partial charge is 0.274 e. The van der Waals surface area contributed by atoms with E-state index in [9.17, 15) is 0 Å². The zero-order valence-electron chi connectivity index (χ0n) is 13.3. The Bertz CT molecular complexity index is 777. The molecule has 1 aliphatic rings. The summed E-state index contributed by atoms with van der Waals surface area (Å²) in [4.78, 5) is 7.46. The van der Waals surface area contributed by atoms with Gasteiger partial charge >= 0.3 is 0 Å². The Morgan fingerprint density at radius 2 is 1.65 bits per heavy atom. The summed E-state index contributed by atoms with van der Waals surface area (Å²) in [6, 6.07) is 21.8. The van der Waals surface area contributed by atoms with Crippen molar-refractivity contribution in [3.05, 3.63) is 72.4 Å². The molecule has 0 unspecified atom stereocenters. The highest BCUT2D eigenvalue weighted by atomic mass is 15.3. The highest BCUT2D eigenvalue weighted by molar-refractivity contribution is 5.82. The van der Waals surface area contributed by atoms with E-state index in [4.69, 9.17) is 0 Å². The van der Waals surface area contributed by atoms with Crippen LogP contribution in [0.5, 0.6) is 0 Å². The molecule has 3 heteroatoms. The summed E-state index contributed by atoms with van der Waals surface area (Å²) in [6.45, 7) is 5.73. The number of piperazine rings is 1. The number of nitrogens with zero attached hydrogens (tertiary/aromatic N) is 1. The summed E-state index contributed by atoms with van der Waals surface area (Å²) in [6.07, 6.45) is 2.00. The number of rotatable bonds is 3. The number of anilines is 1. The molecule has 2 aromatic carbocycles. The van der Waals surface area contributed by atoms with Gasteiger partial charge in [-0.3, -0.25) is 4.90 Å². The number of quaternary nitrogens is 1. The summed E-state index contributed by atoms with van der Waals surface area (Å²) in [5.74, 6) is 1.23. The van der Waals surface area contributed by atoms with Crippen LogP contribution in [-0.4, -0.2) is 26.2 Å². The molecule has 0 bridgehead atoms. The van der Waals surface area contributed by atoms with E-state index in [2.05, 4.69) is 64.5 Å². The Labute approximate surface area is 137 Å². The van der Waals surface area contributed by atoms with Crippen LogP contribution in [0.4, 0.5) is 5.82 Å². The van der Waals surface area contributed by atoms with Gasteiger partial charge in [0.15, 0.2) is 0 Å². The average Bonchev–Trinajstić information content (AvgIpc) is 2.63. The van der Waals surface area contributed by atoms with Crippen LogP contribution in [0.3, 0.4) is 0 Å². The number of hydrogen-bond acceptors (Lipinski definition) is 1. The van der Waals surface area contributed by atoms with Crippen LogP contribution in [0.2, 0.25) is 0 Å². The lowest BCUT2D eigenvalue weighted by molar-refractivity contribution is -0.914.